The van der Waals surface area contributed by atoms with E-state index in [4.69, 9.17) is 0 Å². The van der Waals surface area contributed by atoms with Gasteiger partial charge in [0.05, 0.1) is 34.3 Å². The summed E-state index contributed by atoms with van der Waals surface area (Å²) in [6, 6.07) is 9.57. The maximum atomic E-state index is 14.3. The predicted octanol–water partition coefficient (Wildman–Crippen LogP) is 5.91. The van der Waals surface area contributed by atoms with Gasteiger partial charge < -0.3 is 13.7 Å². The molecule has 1 aliphatic carbocycles. The second kappa shape index (κ2) is 8.54. The van der Waals surface area contributed by atoms with Gasteiger partial charge in [0, 0.05) is 34.1 Å². The molecule has 0 bridgehead atoms. The van der Waals surface area contributed by atoms with Crippen LogP contribution in [0, 0.1) is 11.3 Å². The van der Waals surface area contributed by atoms with Crippen LogP contribution in [0.3, 0.4) is 0 Å². The van der Waals surface area contributed by atoms with E-state index in [1.807, 2.05) is 10.6 Å². The first-order valence-electron chi connectivity index (χ1n) is 11.7. The number of alkyl halides is 3. The Labute approximate surface area is 217 Å². The normalized spacial score (nSPS) is 14.5. The summed E-state index contributed by atoms with van der Waals surface area (Å²) in [5.41, 5.74) is -0.826. The fraction of sp³-hybridized carbons (Fsp3) is 0.192. The van der Waals surface area contributed by atoms with Gasteiger partial charge in [0.15, 0.2) is 11.2 Å². The Bertz CT molecular complexity index is 2040. The van der Waals surface area contributed by atoms with E-state index < -0.39 is 33.4 Å². The lowest BCUT2D eigenvalue weighted by Gasteiger charge is -2.31. The van der Waals surface area contributed by atoms with Gasteiger partial charge in [-0.1, -0.05) is 9.95 Å². The minimum Gasteiger partial charge on any atom is -0.357 e. The van der Waals surface area contributed by atoms with Crippen molar-refractivity contribution in [1.82, 2.24) is 14.5 Å². The number of pyridine rings is 2. The zero-order chi connectivity index (χ0) is 27.7. The van der Waals surface area contributed by atoms with Crippen LogP contribution in [-0.2, 0) is 16.7 Å². The number of H-pyrrole nitrogens is 1. The summed E-state index contributed by atoms with van der Waals surface area (Å²) in [4.78, 5) is 20.6. The number of nitrogens with zero attached hydrogens (tertiary/aromatic N) is 3. The maximum Gasteiger partial charge on any atom is 0.488 e. The van der Waals surface area contributed by atoms with Crippen molar-refractivity contribution in [3.05, 3.63) is 70.1 Å². The number of rotatable bonds is 4. The van der Waals surface area contributed by atoms with Gasteiger partial charge in [0.25, 0.3) is 0 Å². The van der Waals surface area contributed by atoms with Gasteiger partial charge in [-0.2, -0.15) is 26.9 Å². The van der Waals surface area contributed by atoms with E-state index in [2.05, 4.69) is 14.2 Å². The van der Waals surface area contributed by atoms with Crippen molar-refractivity contribution in [2.45, 2.75) is 31.5 Å². The standard InChI is InChI=1S/C26H16F4N4O4S/c27-26(28,29)20-8-19-22(9-18(20)14-7-16(12-32-11-14)38-39(30,36)37)34(15-2-1-3-15)25-23(24(19)35)17-5-4-13(10-31)6-21(17)33-25/h4-9,11-12,15,33H,1-3H2. The van der Waals surface area contributed by atoms with Crippen molar-refractivity contribution in [2.75, 3.05) is 0 Å². The van der Waals surface area contributed by atoms with Crippen molar-refractivity contribution in [3.8, 4) is 22.9 Å². The zero-order valence-corrected chi connectivity index (χ0v) is 20.5. The lowest BCUT2D eigenvalue weighted by molar-refractivity contribution is -0.137. The molecule has 0 atom stereocenters. The molecule has 1 N–H and O–H groups in total. The van der Waals surface area contributed by atoms with Crippen molar-refractivity contribution >= 4 is 43.3 Å². The van der Waals surface area contributed by atoms with E-state index in [1.165, 1.54) is 12.1 Å². The average Bonchev–Trinajstić information content (AvgIpc) is 3.21. The van der Waals surface area contributed by atoms with Gasteiger partial charge in [-0.25, -0.2) is 0 Å². The molecule has 0 amide bonds. The first-order valence-corrected chi connectivity index (χ1v) is 13.0. The van der Waals surface area contributed by atoms with E-state index in [0.29, 0.717) is 22.1 Å². The Hall–Kier alpha value is -4.44. The molecule has 6 rings (SSSR count). The van der Waals surface area contributed by atoms with Crippen LogP contribution in [0.2, 0.25) is 0 Å². The summed E-state index contributed by atoms with van der Waals surface area (Å²) >= 11 is 0. The van der Waals surface area contributed by atoms with Crippen LogP contribution in [0.4, 0.5) is 17.1 Å². The fourth-order valence-electron chi connectivity index (χ4n) is 5.11. The van der Waals surface area contributed by atoms with Crippen LogP contribution < -0.4 is 9.61 Å². The molecule has 0 saturated heterocycles. The largest absolute Gasteiger partial charge is 0.488 e. The lowest BCUT2D eigenvalue weighted by atomic mass is 9.91. The van der Waals surface area contributed by atoms with E-state index in [9.17, 15) is 35.5 Å². The monoisotopic (exact) mass is 556 g/mol. The molecule has 0 aliphatic heterocycles. The van der Waals surface area contributed by atoms with Crippen molar-refractivity contribution in [3.63, 3.8) is 0 Å². The Balaban J connectivity index is 1.73. The van der Waals surface area contributed by atoms with Crippen LogP contribution in [0.25, 0.3) is 44.0 Å². The molecule has 0 spiro atoms. The van der Waals surface area contributed by atoms with Gasteiger partial charge in [-0.15, -0.1) is 0 Å². The number of fused-ring (bicyclic) bond motifs is 4. The minimum absolute atomic E-state index is 0.104. The minimum atomic E-state index is -5.44. The number of aromatic amines is 1. The lowest BCUT2D eigenvalue weighted by Crippen LogP contribution is -2.22. The molecule has 5 aromatic rings. The molecule has 8 nitrogen and oxygen atoms in total. The van der Waals surface area contributed by atoms with Gasteiger partial charge in [0.1, 0.15) is 5.65 Å². The highest BCUT2D eigenvalue weighted by Gasteiger charge is 2.36. The molecule has 3 aromatic heterocycles. The number of benzene rings is 2. The average molecular weight is 556 g/mol. The molecule has 0 radical (unpaired) electrons. The van der Waals surface area contributed by atoms with Crippen LogP contribution in [0.1, 0.15) is 36.4 Å². The quantitative estimate of drug-likeness (QED) is 0.217. The Morgan fingerprint density at radius 1 is 1.10 bits per heavy atom. The smallest absolute Gasteiger partial charge is 0.357 e. The molecule has 39 heavy (non-hydrogen) atoms. The topological polar surface area (TPSA) is 118 Å². The zero-order valence-electron chi connectivity index (χ0n) is 19.7. The van der Waals surface area contributed by atoms with Crippen molar-refractivity contribution in [2.24, 2.45) is 0 Å². The number of hydrogen-bond acceptors (Lipinski definition) is 6. The molecular weight excluding hydrogens is 540 g/mol. The summed E-state index contributed by atoms with van der Waals surface area (Å²) in [5, 5.41) is 9.85. The number of halogens is 4. The molecule has 13 heteroatoms. The Kier molecular flexibility index (Phi) is 5.44. The molecule has 1 saturated carbocycles. The molecular formula is C26H16F4N4O4S. The summed E-state index contributed by atoms with van der Waals surface area (Å²) in [6.45, 7) is 0. The third kappa shape index (κ3) is 4.17. The second-order valence-electron chi connectivity index (χ2n) is 9.30. The van der Waals surface area contributed by atoms with Crippen LogP contribution in [0.15, 0.2) is 53.6 Å². The Morgan fingerprint density at radius 3 is 2.51 bits per heavy atom. The summed E-state index contributed by atoms with van der Waals surface area (Å²) in [5.74, 6) is -0.612. The molecule has 1 aliphatic rings. The van der Waals surface area contributed by atoms with Crippen LogP contribution in [-0.4, -0.2) is 23.0 Å². The highest BCUT2D eigenvalue weighted by molar-refractivity contribution is 7.81. The first-order chi connectivity index (χ1) is 18.4. The van der Waals surface area contributed by atoms with E-state index in [1.54, 1.807) is 12.1 Å². The van der Waals surface area contributed by atoms with Gasteiger partial charge >= 0.3 is 16.7 Å². The highest BCUT2D eigenvalue weighted by atomic mass is 32.3. The van der Waals surface area contributed by atoms with Gasteiger partial charge in [-0.3, -0.25) is 9.78 Å². The van der Waals surface area contributed by atoms with Gasteiger partial charge in [-0.05, 0) is 55.2 Å². The number of nitrogens with one attached hydrogen (secondary N) is 1. The van der Waals surface area contributed by atoms with Gasteiger partial charge in [0.2, 0.25) is 0 Å². The predicted molar refractivity (Wildman–Crippen MR) is 134 cm³/mol. The molecule has 0 unspecified atom stereocenters. The summed E-state index contributed by atoms with van der Waals surface area (Å²) < 4.78 is 83.9. The number of aromatic nitrogens is 3. The van der Waals surface area contributed by atoms with Crippen molar-refractivity contribution < 1.29 is 29.7 Å². The number of nitriles is 1. The summed E-state index contributed by atoms with van der Waals surface area (Å²) in [7, 11) is -5.44. The first kappa shape index (κ1) is 24.9. The van der Waals surface area contributed by atoms with E-state index in [0.717, 1.165) is 43.8 Å². The fourth-order valence-corrected chi connectivity index (χ4v) is 5.43. The molecule has 2 aromatic carbocycles. The third-order valence-corrected chi connectivity index (χ3v) is 7.37. The van der Waals surface area contributed by atoms with Crippen molar-refractivity contribution in [1.29, 1.82) is 5.26 Å². The highest BCUT2D eigenvalue weighted by Crippen LogP contribution is 2.43. The Morgan fingerprint density at radius 2 is 1.87 bits per heavy atom. The SMILES string of the molecule is N#Cc1ccc2c(c1)[nH]c1c2c(=O)c2cc(C(F)(F)F)c(-c3cncc(OS(=O)(=O)F)c3)cc2n1C1CCC1. The molecule has 1 fully saturated rings. The second-order valence-corrected chi connectivity index (χ2v) is 10.3. The maximum absolute atomic E-state index is 14.3. The van der Waals surface area contributed by atoms with E-state index >= 15 is 0 Å². The van der Waals surface area contributed by atoms with E-state index in [-0.39, 0.29) is 33.5 Å². The third-order valence-electron chi connectivity index (χ3n) is 6.98. The molecule has 198 valence electrons. The summed E-state index contributed by atoms with van der Waals surface area (Å²) in [6.07, 6.45) is -0.624. The van der Waals surface area contributed by atoms with Crippen LogP contribution in [0.5, 0.6) is 5.75 Å². The number of hydrogen-bond donors (Lipinski definition) is 1. The molecule has 3 heterocycles. The van der Waals surface area contributed by atoms with Crippen LogP contribution >= 0.6 is 0 Å².